The monoisotopic (exact) mass is 340 g/mol. The molecule has 1 aliphatic rings. The van der Waals surface area contributed by atoms with E-state index in [0.717, 1.165) is 6.42 Å². The fourth-order valence-electron chi connectivity index (χ4n) is 2.72. The fourth-order valence-corrected chi connectivity index (χ4v) is 5.54. The number of nitrogens with two attached hydrogens (primary N) is 1. The molecule has 20 heavy (non-hydrogen) atoms. The van der Waals surface area contributed by atoms with Crippen molar-refractivity contribution in [1.82, 2.24) is 0 Å². The summed E-state index contributed by atoms with van der Waals surface area (Å²) in [6.07, 6.45) is 2.18. The number of aliphatic hydroxyl groups is 1. The summed E-state index contributed by atoms with van der Waals surface area (Å²) in [5.41, 5.74) is 5.42. The van der Waals surface area contributed by atoms with Gasteiger partial charge in [0.2, 0.25) is 0 Å². The van der Waals surface area contributed by atoms with E-state index in [2.05, 4.69) is 0 Å². The molecule has 0 aliphatic heterocycles. The normalized spacial score (nSPS) is 25.1. The van der Waals surface area contributed by atoms with Crippen molar-refractivity contribution in [2.45, 2.75) is 37.2 Å². The predicted molar refractivity (Wildman–Crippen MR) is 73.9 cm³/mol. The van der Waals surface area contributed by atoms with Gasteiger partial charge in [0, 0.05) is 35.5 Å². The Kier molecular flexibility index (Phi) is 8.13. The van der Waals surface area contributed by atoms with Gasteiger partial charge >= 0.3 is 15.2 Å². The first kappa shape index (κ1) is 21.2. The molecule has 8 nitrogen and oxygen atoms in total. The molecule has 1 aliphatic carbocycles. The molecule has 0 aromatic carbocycles. The molecule has 0 heterocycles. The summed E-state index contributed by atoms with van der Waals surface area (Å²) in [7, 11) is -10.7. The summed E-state index contributed by atoms with van der Waals surface area (Å²) >= 11 is 0. The summed E-state index contributed by atoms with van der Waals surface area (Å²) in [5, 5.41) is 6.70. The Morgan fingerprint density at radius 3 is 1.70 bits per heavy atom. The minimum atomic E-state index is -5.35. The summed E-state index contributed by atoms with van der Waals surface area (Å²) < 4.78 is 22.7. The van der Waals surface area contributed by atoms with Crippen molar-refractivity contribution in [2.75, 3.05) is 6.54 Å². The zero-order chi connectivity index (χ0) is 14.9. The minimum Gasteiger partial charge on any atom is -0.367 e. The van der Waals surface area contributed by atoms with Gasteiger partial charge in [0.15, 0.2) is 0 Å². The standard InChI is InChI=1S/C9H21NO7P2.Na/c10-6-5-7-1-3-8(4-2-7)9(11,18(12,13)14)19(15,16)17;/h7-8,11H,1-6,10H2,(H2,12,13,14)(H2,15,16,17);. The Hall–Kier alpha value is 1.22. The van der Waals surface area contributed by atoms with Crippen LogP contribution in [0.15, 0.2) is 0 Å². The molecular formula is C9H21NNaO7P2. The van der Waals surface area contributed by atoms with E-state index in [-0.39, 0.29) is 48.3 Å². The largest absolute Gasteiger partial charge is 0.369 e. The Morgan fingerprint density at radius 1 is 1.00 bits per heavy atom. The summed E-state index contributed by atoms with van der Waals surface area (Å²) in [4.78, 5) is 36.6. The van der Waals surface area contributed by atoms with E-state index in [1.54, 1.807) is 0 Å². The van der Waals surface area contributed by atoms with Gasteiger partial charge in [-0.05, 0) is 44.6 Å². The predicted octanol–water partition coefficient (Wildman–Crippen LogP) is -0.238. The molecule has 0 saturated heterocycles. The Balaban J connectivity index is 0.00000361. The maximum atomic E-state index is 11.3. The third-order valence-electron chi connectivity index (χ3n) is 3.83. The smallest absolute Gasteiger partial charge is 0.367 e. The van der Waals surface area contributed by atoms with Crippen LogP contribution in [0.25, 0.3) is 0 Å². The zero-order valence-electron chi connectivity index (χ0n) is 11.4. The van der Waals surface area contributed by atoms with Crippen LogP contribution in [0.2, 0.25) is 0 Å². The van der Waals surface area contributed by atoms with Crippen LogP contribution in [0.5, 0.6) is 0 Å². The maximum Gasteiger partial charge on any atom is 0.369 e. The molecule has 0 aromatic rings. The molecule has 1 rings (SSSR count). The number of hydrogen-bond donors (Lipinski definition) is 6. The third kappa shape index (κ3) is 4.37. The van der Waals surface area contributed by atoms with Crippen molar-refractivity contribution in [2.24, 2.45) is 17.6 Å². The molecule has 0 spiro atoms. The van der Waals surface area contributed by atoms with Gasteiger partial charge in [0.25, 0.3) is 5.08 Å². The summed E-state index contributed by atoms with van der Waals surface area (Å²) in [6, 6.07) is 0. The molecule has 0 bridgehead atoms. The second-order valence-corrected chi connectivity index (χ2v) is 8.96. The van der Waals surface area contributed by atoms with E-state index >= 15 is 0 Å². The van der Waals surface area contributed by atoms with Crippen LogP contribution in [0.1, 0.15) is 32.1 Å². The van der Waals surface area contributed by atoms with E-state index < -0.39 is 26.2 Å². The van der Waals surface area contributed by atoms with Crippen molar-refractivity contribution in [3.63, 3.8) is 0 Å². The molecule has 11 heteroatoms. The van der Waals surface area contributed by atoms with Crippen LogP contribution < -0.4 is 5.73 Å². The quantitative estimate of drug-likeness (QED) is 0.295. The van der Waals surface area contributed by atoms with Crippen molar-refractivity contribution in [3.8, 4) is 0 Å². The van der Waals surface area contributed by atoms with Crippen molar-refractivity contribution in [1.29, 1.82) is 0 Å². The van der Waals surface area contributed by atoms with Gasteiger partial charge in [-0.1, -0.05) is 0 Å². The first-order valence-electron chi connectivity index (χ1n) is 6.07. The van der Waals surface area contributed by atoms with Gasteiger partial charge in [-0.2, -0.15) is 0 Å². The molecule has 0 amide bonds. The Morgan fingerprint density at radius 2 is 1.40 bits per heavy atom. The number of hydrogen-bond acceptors (Lipinski definition) is 4. The SMILES string of the molecule is NCCC1CCC(C(O)(P(=O)(O)O)P(=O)(O)O)CC1.[Na]. The van der Waals surface area contributed by atoms with Crippen LogP contribution >= 0.6 is 15.2 Å². The number of rotatable bonds is 5. The van der Waals surface area contributed by atoms with Crippen LogP contribution in [0.4, 0.5) is 0 Å². The van der Waals surface area contributed by atoms with Crippen LogP contribution in [0.3, 0.4) is 0 Å². The van der Waals surface area contributed by atoms with E-state index in [4.69, 9.17) is 25.3 Å². The van der Waals surface area contributed by atoms with E-state index in [0.29, 0.717) is 19.4 Å². The average Bonchev–Trinajstić information content (AvgIpc) is 2.26. The van der Waals surface area contributed by atoms with Crippen molar-refractivity contribution in [3.05, 3.63) is 0 Å². The topological polar surface area (TPSA) is 161 Å². The molecular weight excluding hydrogens is 319 g/mol. The van der Waals surface area contributed by atoms with Gasteiger partial charge in [-0.3, -0.25) is 9.13 Å². The molecule has 1 fully saturated rings. The van der Waals surface area contributed by atoms with Crippen molar-refractivity contribution >= 4 is 44.7 Å². The molecule has 0 unspecified atom stereocenters. The van der Waals surface area contributed by atoms with Gasteiger partial charge in [0.1, 0.15) is 0 Å². The maximum absolute atomic E-state index is 11.3. The first-order valence-corrected chi connectivity index (χ1v) is 9.30. The Bertz CT molecular complexity index is 379. The van der Waals surface area contributed by atoms with Gasteiger partial charge in [-0.25, -0.2) is 0 Å². The molecule has 0 atom stereocenters. The van der Waals surface area contributed by atoms with E-state index in [9.17, 15) is 14.2 Å². The Labute approximate surface area is 139 Å². The average molecular weight is 340 g/mol. The van der Waals surface area contributed by atoms with Crippen LogP contribution in [0, 0.1) is 11.8 Å². The van der Waals surface area contributed by atoms with Crippen LogP contribution in [-0.4, -0.2) is 65.9 Å². The molecule has 0 aromatic heterocycles. The van der Waals surface area contributed by atoms with Crippen molar-refractivity contribution < 1.29 is 33.8 Å². The van der Waals surface area contributed by atoms with E-state index in [1.165, 1.54) is 0 Å². The molecule has 7 N–H and O–H groups in total. The minimum absolute atomic E-state index is 0. The molecule has 1 radical (unpaired) electrons. The van der Waals surface area contributed by atoms with Gasteiger partial charge in [-0.15, -0.1) is 0 Å². The fraction of sp³-hybridized carbons (Fsp3) is 1.00. The van der Waals surface area contributed by atoms with Crippen LogP contribution in [-0.2, 0) is 9.13 Å². The summed E-state index contributed by atoms with van der Waals surface area (Å²) in [6.45, 7) is 0.497. The summed E-state index contributed by atoms with van der Waals surface area (Å²) in [5.74, 6) is -0.831. The van der Waals surface area contributed by atoms with Gasteiger partial charge < -0.3 is 30.4 Å². The van der Waals surface area contributed by atoms with Gasteiger partial charge in [0.05, 0.1) is 0 Å². The second kappa shape index (κ2) is 7.66. The van der Waals surface area contributed by atoms with E-state index in [1.807, 2.05) is 0 Å². The molecule has 115 valence electrons. The zero-order valence-corrected chi connectivity index (χ0v) is 15.2. The molecule has 1 saturated carbocycles. The second-order valence-electron chi connectivity index (χ2n) is 5.07. The first-order chi connectivity index (χ1) is 8.54. The third-order valence-corrected chi connectivity index (χ3v) is 7.84.